The summed E-state index contributed by atoms with van der Waals surface area (Å²) in [6.07, 6.45) is 1.06. The fourth-order valence-electron chi connectivity index (χ4n) is 3.66. The first-order valence-corrected chi connectivity index (χ1v) is 13.8. The van der Waals surface area contributed by atoms with Gasteiger partial charge in [-0.1, -0.05) is 78.1 Å². The van der Waals surface area contributed by atoms with E-state index >= 15 is 0 Å². The molecule has 3 aromatic rings. The average molecular weight is 627 g/mol. The molecule has 0 heterocycles. The molecule has 37 heavy (non-hydrogen) atoms. The molecule has 0 aromatic heterocycles. The fraction of sp³-hybridized carbons (Fsp3) is 0.286. The highest BCUT2D eigenvalue weighted by molar-refractivity contribution is 9.10. The van der Waals surface area contributed by atoms with E-state index in [1.807, 2.05) is 44.2 Å². The molecule has 0 radical (unpaired) electrons. The van der Waals surface area contributed by atoms with Crippen LogP contribution in [0.2, 0.25) is 15.1 Å². The van der Waals surface area contributed by atoms with Crippen LogP contribution in [0, 0.1) is 0 Å². The zero-order chi connectivity index (χ0) is 26.9. The van der Waals surface area contributed by atoms with E-state index in [1.54, 1.807) is 36.4 Å². The predicted octanol–water partition coefficient (Wildman–Crippen LogP) is 7.34. The normalized spacial score (nSPS) is 12.5. The third-order valence-corrected chi connectivity index (χ3v) is 7.47. The molecule has 0 unspecified atom stereocenters. The van der Waals surface area contributed by atoms with E-state index in [1.165, 1.54) is 4.90 Å². The maximum atomic E-state index is 13.7. The molecule has 2 amide bonds. The fourth-order valence-corrected chi connectivity index (χ4v) is 4.98. The molecule has 0 bridgehead atoms. The topological polar surface area (TPSA) is 58.6 Å². The Morgan fingerprint density at radius 3 is 2.30 bits per heavy atom. The molecule has 9 heteroatoms. The largest absolute Gasteiger partial charge is 0.483 e. The van der Waals surface area contributed by atoms with Crippen LogP contribution in [0.4, 0.5) is 0 Å². The molecule has 2 atom stereocenters. The maximum absolute atomic E-state index is 13.7. The van der Waals surface area contributed by atoms with Crippen molar-refractivity contribution >= 4 is 62.5 Å². The molecular formula is C28H28BrCl3N2O3. The zero-order valence-corrected chi connectivity index (χ0v) is 24.4. The molecule has 1 N–H and O–H groups in total. The Labute approximate surface area is 241 Å². The van der Waals surface area contributed by atoms with Crippen molar-refractivity contribution in [2.24, 2.45) is 0 Å². The Kier molecular flexibility index (Phi) is 11.1. The number of nitrogens with zero attached hydrogens (tertiary/aromatic N) is 1. The highest BCUT2D eigenvalue weighted by Gasteiger charge is 2.32. The lowest BCUT2D eigenvalue weighted by Gasteiger charge is -2.32. The smallest absolute Gasteiger partial charge is 0.261 e. The van der Waals surface area contributed by atoms with Crippen LogP contribution in [-0.4, -0.2) is 35.4 Å². The number of hydrogen-bond donors (Lipinski definition) is 1. The maximum Gasteiger partial charge on any atom is 0.261 e. The Balaban J connectivity index is 1.97. The zero-order valence-electron chi connectivity index (χ0n) is 20.5. The van der Waals surface area contributed by atoms with Crippen LogP contribution in [-0.2, 0) is 22.6 Å². The van der Waals surface area contributed by atoms with Crippen LogP contribution in [0.15, 0.2) is 71.2 Å². The van der Waals surface area contributed by atoms with E-state index in [2.05, 4.69) is 21.2 Å². The second-order valence-electron chi connectivity index (χ2n) is 8.61. The minimum atomic E-state index is -0.825. The van der Waals surface area contributed by atoms with Gasteiger partial charge in [-0.2, -0.15) is 0 Å². The molecule has 0 saturated carbocycles. The number of benzene rings is 3. The first-order valence-electron chi connectivity index (χ1n) is 11.8. The van der Waals surface area contributed by atoms with Crippen LogP contribution < -0.4 is 10.1 Å². The SMILES string of the molecule is CC[C@@H](C)NC(=O)[C@@H](Cc1ccccc1)N(Cc1c(Cl)cccc1Cl)C(=O)COc1ccc(Cl)cc1Br. The summed E-state index contributed by atoms with van der Waals surface area (Å²) in [7, 11) is 0. The summed E-state index contributed by atoms with van der Waals surface area (Å²) in [5.41, 5.74) is 1.47. The number of amides is 2. The molecular weight excluding hydrogens is 599 g/mol. The van der Waals surface area contributed by atoms with Crippen molar-refractivity contribution in [1.29, 1.82) is 0 Å². The van der Waals surface area contributed by atoms with Crippen molar-refractivity contribution in [1.82, 2.24) is 10.2 Å². The van der Waals surface area contributed by atoms with Gasteiger partial charge in [-0.15, -0.1) is 0 Å². The van der Waals surface area contributed by atoms with Gasteiger partial charge in [0, 0.05) is 39.6 Å². The molecule has 0 fully saturated rings. The predicted molar refractivity (Wildman–Crippen MR) is 153 cm³/mol. The van der Waals surface area contributed by atoms with E-state index < -0.39 is 11.9 Å². The third-order valence-electron chi connectivity index (χ3n) is 5.91. The van der Waals surface area contributed by atoms with Crippen molar-refractivity contribution in [3.05, 3.63) is 97.4 Å². The van der Waals surface area contributed by atoms with Crippen LogP contribution in [0.3, 0.4) is 0 Å². The molecule has 0 saturated heterocycles. The van der Waals surface area contributed by atoms with Crippen LogP contribution in [0.5, 0.6) is 5.75 Å². The molecule has 196 valence electrons. The summed E-state index contributed by atoms with van der Waals surface area (Å²) in [6, 6.07) is 18.8. The summed E-state index contributed by atoms with van der Waals surface area (Å²) >= 11 is 22.4. The number of halogens is 4. The molecule has 5 nitrogen and oxygen atoms in total. The van der Waals surface area contributed by atoms with Crippen molar-refractivity contribution < 1.29 is 14.3 Å². The summed E-state index contributed by atoms with van der Waals surface area (Å²) < 4.78 is 6.44. The minimum absolute atomic E-state index is 0.0356. The molecule has 0 aliphatic rings. The van der Waals surface area contributed by atoms with Gasteiger partial charge < -0.3 is 15.0 Å². The van der Waals surface area contributed by atoms with Gasteiger partial charge in [-0.3, -0.25) is 9.59 Å². The Hall–Kier alpha value is -2.25. The van der Waals surface area contributed by atoms with Gasteiger partial charge in [0.15, 0.2) is 6.61 Å². The third kappa shape index (κ3) is 8.37. The average Bonchev–Trinajstić information content (AvgIpc) is 2.87. The van der Waals surface area contributed by atoms with Gasteiger partial charge in [-0.05, 0) is 65.2 Å². The Bertz CT molecular complexity index is 1210. The van der Waals surface area contributed by atoms with Gasteiger partial charge in [0.05, 0.1) is 4.47 Å². The van der Waals surface area contributed by atoms with Gasteiger partial charge in [0.25, 0.3) is 5.91 Å². The molecule has 3 rings (SSSR count). The molecule has 3 aromatic carbocycles. The molecule has 0 aliphatic carbocycles. The van der Waals surface area contributed by atoms with Gasteiger partial charge in [0.2, 0.25) is 5.91 Å². The van der Waals surface area contributed by atoms with E-state index in [0.29, 0.717) is 37.3 Å². The monoisotopic (exact) mass is 624 g/mol. The first-order chi connectivity index (χ1) is 17.7. The first kappa shape index (κ1) is 29.3. The minimum Gasteiger partial charge on any atom is -0.483 e. The van der Waals surface area contributed by atoms with Crippen LogP contribution in [0.25, 0.3) is 0 Å². The van der Waals surface area contributed by atoms with Gasteiger partial charge in [0.1, 0.15) is 11.8 Å². The van der Waals surface area contributed by atoms with Crippen molar-refractivity contribution in [2.45, 2.75) is 45.3 Å². The number of hydrogen-bond acceptors (Lipinski definition) is 3. The second-order valence-corrected chi connectivity index (χ2v) is 10.7. The summed E-state index contributed by atoms with van der Waals surface area (Å²) in [5, 5.41) is 4.38. The summed E-state index contributed by atoms with van der Waals surface area (Å²) in [6.45, 7) is 3.65. The van der Waals surface area contributed by atoms with E-state index in [4.69, 9.17) is 39.5 Å². The lowest BCUT2D eigenvalue weighted by Crippen LogP contribution is -2.53. The van der Waals surface area contributed by atoms with E-state index in [-0.39, 0.29) is 25.1 Å². The second kappa shape index (κ2) is 14.1. The Morgan fingerprint density at radius 2 is 1.68 bits per heavy atom. The van der Waals surface area contributed by atoms with Crippen molar-refractivity contribution in [3.8, 4) is 5.75 Å². The summed E-state index contributed by atoms with van der Waals surface area (Å²) in [5.74, 6) is -0.197. The number of rotatable bonds is 11. The standard InChI is InChI=1S/C28H28BrCl3N2O3/c1-3-18(2)33-28(36)25(14-19-8-5-4-6-9-19)34(16-21-23(31)10-7-11-24(21)32)27(35)17-37-26-13-12-20(30)15-22(26)29/h4-13,15,18,25H,3,14,16-17H2,1-2H3,(H,33,36)/t18-,25-/m1/s1. The number of nitrogens with one attached hydrogen (secondary N) is 1. The highest BCUT2D eigenvalue weighted by Crippen LogP contribution is 2.29. The van der Waals surface area contributed by atoms with Crippen LogP contribution >= 0.6 is 50.7 Å². The quantitative estimate of drug-likeness (QED) is 0.242. The Morgan fingerprint density at radius 1 is 1.00 bits per heavy atom. The van der Waals surface area contributed by atoms with Gasteiger partial charge in [-0.25, -0.2) is 0 Å². The lowest BCUT2D eigenvalue weighted by molar-refractivity contribution is -0.143. The number of carbonyl (C=O) groups is 2. The van der Waals surface area contributed by atoms with Crippen molar-refractivity contribution in [2.75, 3.05) is 6.61 Å². The molecule has 0 aliphatic heterocycles. The van der Waals surface area contributed by atoms with Crippen LogP contribution in [0.1, 0.15) is 31.4 Å². The van der Waals surface area contributed by atoms with Crippen molar-refractivity contribution in [3.63, 3.8) is 0 Å². The number of ether oxygens (including phenoxy) is 1. The van der Waals surface area contributed by atoms with E-state index in [0.717, 1.165) is 12.0 Å². The van der Waals surface area contributed by atoms with Gasteiger partial charge >= 0.3 is 0 Å². The number of carbonyl (C=O) groups excluding carboxylic acids is 2. The highest BCUT2D eigenvalue weighted by atomic mass is 79.9. The summed E-state index contributed by atoms with van der Waals surface area (Å²) in [4.78, 5) is 28.7. The van der Waals surface area contributed by atoms with E-state index in [9.17, 15) is 9.59 Å². The molecule has 0 spiro atoms. The lowest BCUT2D eigenvalue weighted by atomic mass is 10.0.